The van der Waals surface area contributed by atoms with Gasteiger partial charge in [-0.15, -0.1) is 0 Å². The molecule has 2 aliphatic rings. The van der Waals surface area contributed by atoms with Crippen molar-refractivity contribution in [2.45, 2.75) is 58.9 Å². The number of likely N-dealkylation sites (tertiary alicyclic amines) is 1. The third kappa shape index (κ3) is 3.96. The van der Waals surface area contributed by atoms with Gasteiger partial charge in [0.15, 0.2) is 0 Å². The Labute approximate surface area is 107 Å². The second-order valence-electron chi connectivity index (χ2n) is 6.89. The van der Waals surface area contributed by atoms with E-state index in [0.717, 1.165) is 12.0 Å². The molecule has 1 atom stereocenters. The lowest BCUT2D eigenvalue weighted by Gasteiger charge is -2.35. The highest BCUT2D eigenvalue weighted by molar-refractivity contribution is 4.84. The Morgan fingerprint density at radius 1 is 1.18 bits per heavy atom. The molecule has 1 N–H and O–H groups in total. The van der Waals surface area contributed by atoms with E-state index in [1.54, 1.807) is 0 Å². The normalized spacial score (nSPS) is 30.9. The topological polar surface area (TPSA) is 15.3 Å². The van der Waals surface area contributed by atoms with Crippen molar-refractivity contribution in [3.05, 3.63) is 0 Å². The smallest absolute Gasteiger partial charge is 0.00675 e. The lowest BCUT2D eigenvalue weighted by Crippen LogP contribution is -2.38. The Balaban J connectivity index is 1.63. The predicted molar refractivity (Wildman–Crippen MR) is 74.3 cm³/mol. The quantitative estimate of drug-likeness (QED) is 0.810. The van der Waals surface area contributed by atoms with E-state index in [1.165, 1.54) is 58.3 Å². The zero-order valence-electron chi connectivity index (χ0n) is 12.0. The third-order valence-corrected chi connectivity index (χ3v) is 4.85. The summed E-state index contributed by atoms with van der Waals surface area (Å²) in [6.07, 6.45) is 6.97. The van der Waals surface area contributed by atoms with Gasteiger partial charge in [-0.05, 0) is 63.1 Å². The van der Waals surface area contributed by atoms with Crippen LogP contribution in [0.3, 0.4) is 0 Å². The van der Waals surface area contributed by atoms with Crippen LogP contribution in [0.1, 0.15) is 52.9 Å². The first-order valence-electron chi connectivity index (χ1n) is 7.55. The predicted octanol–water partition coefficient (Wildman–Crippen LogP) is 2.89. The molecule has 17 heavy (non-hydrogen) atoms. The van der Waals surface area contributed by atoms with Crippen LogP contribution in [0.25, 0.3) is 0 Å². The van der Waals surface area contributed by atoms with E-state index in [-0.39, 0.29) is 0 Å². The van der Waals surface area contributed by atoms with E-state index in [0.29, 0.717) is 5.41 Å². The highest BCUT2D eigenvalue weighted by Gasteiger charge is 2.27. The van der Waals surface area contributed by atoms with Gasteiger partial charge in [-0.1, -0.05) is 20.8 Å². The molecule has 2 nitrogen and oxygen atoms in total. The summed E-state index contributed by atoms with van der Waals surface area (Å²) in [6, 6.07) is 0.804. The summed E-state index contributed by atoms with van der Waals surface area (Å²) in [5, 5.41) is 3.82. The molecule has 0 aromatic rings. The maximum atomic E-state index is 3.82. The van der Waals surface area contributed by atoms with Crippen molar-refractivity contribution in [3.8, 4) is 0 Å². The number of rotatable bonds is 4. The summed E-state index contributed by atoms with van der Waals surface area (Å²) in [4.78, 5) is 2.58. The second kappa shape index (κ2) is 5.71. The summed E-state index contributed by atoms with van der Waals surface area (Å²) in [7, 11) is 0. The van der Waals surface area contributed by atoms with Crippen molar-refractivity contribution in [1.82, 2.24) is 10.2 Å². The van der Waals surface area contributed by atoms with Crippen LogP contribution in [0.15, 0.2) is 0 Å². The molecule has 1 aliphatic heterocycles. The highest BCUT2D eigenvalue weighted by atomic mass is 15.1. The molecule has 1 unspecified atom stereocenters. The van der Waals surface area contributed by atoms with Crippen LogP contribution in [-0.4, -0.2) is 37.1 Å². The Kier molecular flexibility index (Phi) is 4.48. The molecule has 2 fully saturated rings. The molecule has 0 spiro atoms. The molecule has 1 saturated heterocycles. The largest absolute Gasteiger partial charge is 0.314 e. The van der Waals surface area contributed by atoms with Gasteiger partial charge in [-0.2, -0.15) is 0 Å². The van der Waals surface area contributed by atoms with Crippen molar-refractivity contribution >= 4 is 0 Å². The Bertz CT molecular complexity index is 227. The molecule has 0 amide bonds. The van der Waals surface area contributed by atoms with Crippen molar-refractivity contribution < 1.29 is 0 Å². The second-order valence-corrected chi connectivity index (χ2v) is 6.89. The maximum absolute atomic E-state index is 3.82. The van der Waals surface area contributed by atoms with E-state index in [9.17, 15) is 0 Å². The minimum absolute atomic E-state index is 0.602. The summed E-state index contributed by atoms with van der Waals surface area (Å²) in [5.41, 5.74) is 0.602. The van der Waals surface area contributed by atoms with Crippen LogP contribution in [-0.2, 0) is 0 Å². The molecule has 2 heteroatoms. The maximum Gasteiger partial charge on any atom is 0.00675 e. The number of nitrogens with one attached hydrogen (secondary N) is 1. The first kappa shape index (κ1) is 13.4. The van der Waals surface area contributed by atoms with Crippen molar-refractivity contribution in [1.29, 1.82) is 0 Å². The fourth-order valence-electron chi connectivity index (χ4n) is 3.30. The van der Waals surface area contributed by atoms with Crippen LogP contribution in [0.5, 0.6) is 0 Å². The van der Waals surface area contributed by atoms with Gasteiger partial charge in [0.1, 0.15) is 0 Å². The van der Waals surface area contributed by atoms with Gasteiger partial charge in [0, 0.05) is 12.6 Å². The zero-order valence-corrected chi connectivity index (χ0v) is 12.0. The van der Waals surface area contributed by atoms with Crippen LogP contribution < -0.4 is 5.32 Å². The van der Waals surface area contributed by atoms with E-state index in [2.05, 4.69) is 31.0 Å². The molecule has 1 aliphatic carbocycles. The SMILES string of the molecule is CCN1CCC(CNC2CCC(C)(C)CC2)C1. The lowest BCUT2D eigenvalue weighted by atomic mass is 9.75. The standard InChI is InChI=1S/C15H30N2/c1-4-17-10-7-13(12-17)11-16-14-5-8-15(2,3)9-6-14/h13-14,16H,4-12H2,1-3H3. The molecular weight excluding hydrogens is 208 g/mol. The van der Waals surface area contributed by atoms with E-state index < -0.39 is 0 Å². The number of nitrogens with zero attached hydrogens (tertiary/aromatic N) is 1. The zero-order chi connectivity index (χ0) is 12.3. The van der Waals surface area contributed by atoms with Crippen molar-refractivity contribution in [2.24, 2.45) is 11.3 Å². The third-order valence-electron chi connectivity index (χ3n) is 4.85. The Morgan fingerprint density at radius 3 is 2.47 bits per heavy atom. The molecule has 0 radical (unpaired) electrons. The average Bonchev–Trinajstić information content (AvgIpc) is 2.75. The van der Waals surface area contributed by atoms with E-state index in [1.807, 2.05) is 0 Å². The molecule has 0 aromatic heterocycles. The molecule has 0 aromatic carbocycles. The lowest BCUT2D eigenvalue weighted by molar-refractivity contribution is 0.202. The van der Waals surface area contributed by atoms with Gasteiger partial charge in [0.2, 0.25) is 0 Å². The first-order chi connectivity index (χ1) is 8.09. The van der Waals surface area contributed by atoms with E-state index >= 15 is 0 Å². The highest BCUT2D eigenvalue weighted by Crippen LogP contribution is 2.35. The van der Waals surface area contributed by atoms with Gasteiger partial charge < -0.3 is 10.2 Å². The Hall–Kier alpha value is -0.0800. The summed E-state index contributed by atoms with van der Waals surface area (Å²) < 4.78 is 0. The van der Waals surface area contributed by atoms with Crippen molar-refractivity contribution in [2.75, 3.05) is 26.2 Å². The van der Waals surface area contributed by atoms with Crippen LogP contribution in [0.4, 0.5) is 0 Å². The van der Waals surface area contributed by atoms with Gasteiger partial charge in [0.25, 0.3) is 0 Å². The molecule has 1 heterocycles. The van der Waals surface area contributed by atoms with Gasteiger partial charge >= 0.3 is 0 Å². The molecule has 0 bridgehead atoms. The molecule has 1 saturated carbocycles. The first-order valence-corrected chi connectivity index (χ1v) is 7.55. The number of hydrogen-bond acceptors (Lipinski definition) is 2. The minimum atomic E-state index is 0.602. The van der Waals surface area contributed by atoms with E-state index in [4.69, 9.17) is 0 Å². The summed E-state index contributed by atoms with van der Waals surface area (Å²) >= 11 is 0. The minimum Gasteiger partial charge on any atom is -0.314 e. The van der Waals surface area contributed by atoms with Crippen LogP contribution in [0.2, 0.25) is 0 Å². The summed E-state index contributed by atoms with van der Waals surface area (Å²) in [5.74, 6) is 0.907. The van der Waals surface area contributed by atoms with Crippen LogP contribution in [0, 0.1) is 11.3 Å². The fourth-order valence-corrected chi connectivity index (χ4v) is 3.30. The number of hydrogen-bond donors (Lipinski definition) is 1. The summed E-state index contributed by atoms with van der Waals surface area (Å²) in [6.45, 7) is 12.2. The van der Waals surface area contributed by atoms with Gasteiger partial charge in [-0.25, -0.2) is 0 Å². The van der Waals surface area contributed by atoms with Crippen molar-refractivity contribution in [3.63, 3.8) is 0 Å². The average molecular weight is 238 g/mol. The van der Waals surface area contributed by atoms with Crippen LogP contribution >= 0.6 is 0 Å². The Morgan fingerprint density at radius 2 is 1.88 bits per heavy atom. The monoisotopic (exact) mass is 238 g/mol. The van der Waals surface area contributed by atoms with Gasteiger partial charge in [0.05, 0.1) is 0 Å². The van der Waals surface area contributed by atoms with Gasteiger partial charge in [-0.3, -0.25) is 0 Å². The molecule has 100 valence electrons. The fraction of sp³-hybridized carbons (Fsp3) is 1.00. The molecule has 2 rings (SSSR count). The molecular formula is C15H30N2.